The molecule has 19 heavy (non-hydrogen) atoms. The van der Waals surface area contributed by atoms with E-state index in [0.717, 1.165) is 30.8 Å². The molecule has 0 fully saturated rings. The van der Waals surface area contributed by atoms with Gasteiger partial charge in [0.25, 0.3) is 0 Å². The number of ether oxygens (including phenoxy) is 1. The van der Waals surface area contributed by atoms with Crippen LogP contribution in [0.3, 0.4) is 0 Å². The Morgan fingerprint density at radius 1 is 1.32 bits per heavy atom. The average molecular weight is 259 g/mol. The molecule has 0 aliphatic rings. The number of hydrogen-bond donors (Lipinski definition) is 1. The first-order valence-corrected chi connectivity index (χ1v) is 6.60. The molecule has 2 aromatic rings. The second-order valence-electron chi connectivity index (χ2n) is 4.76. The molecule has 2 N–H and O–H groups in total. The Balaban J connectivity index is 1.98. The molecular weight excluding hydrogens is 238 g/mol. The van der Waals surface area contributed by atoms with Gasteiger partial charge in [0, 0.05) is 25.2 Å². The first-order chi connectivity index (χ1) is 9.21. The van der Waals surface area contributed by atoms with Crippen LogP contribution in [0.4, 0.5) is 0 Å². The van der Waals surface area contributed by atoms with Gasteiger partial charge in [-0.15, -0.1) is 0 Å². The smallest absolute Gasteiger partial charge is 0.118 e. The van der Waals surface area contributed by atoms with E-state index in [0.29, 0.717) is 0 Å². The highest BCUT2D eigenvalue weighted by molar-refractivity contribution is 5.27. The highest BCUT2D eigenvalue weighted by atomic mass is 16.5. The van der Waals surface area contributed by atoms with E-state index < -0.39 is 0 Å². The zero-order valence-corrected chi connectivity index (χ0v) is 11.5. The fourth-order valence-electron chi connectivity index (χ4n) is 1.95. The van der Waals surface area contributed by atoms with E-state index in [1.54, 1.807) is 7.11 Å². The van der Waals surface area contributed by atoms with Crippen molar-refractivity contribution < 1.29 is 4.74 Å². The number of imidazole rings is 1. The van der Waals surface area contributed by atoms with Crippen LogP contribution < -0.4 is 10.5 Å². The minimum absolute atomic E-state index is 0.198. The van der Waals surface area contributed by atoms with Gasteiger partial charge in [-0.2, -0.15) is 0 Å². The molecule has 1 unspecified atom stereocenters. The minimum atomic E-state index is 0.198. The SMILES string of the molecule is CCC(N)Cc1cn(Cc2ccc(OC)cc2)cn1. The number of hydrogen-bond acceptors (Lipinski definition) is 3. The van der Waals surface area contributed by atoms with Crippen molar-refractivity contribution in [2.45, 2.75) is 32.4 Å². The van der Waals surface area contributed by atoms with Crippen LogP contribution in [0.2, 0.25) is 0 Å². The molecular formula is C15H21N3O. The van der Waals surface area contributed by atoms with E-state index in [2.05, 4.69) is 34.8 Å². The van der Waals surface area contributed by atoms with Gasteiger partial charge in [-0.05, 0) is 24.1 Å². The largest absolute Gasteiger partial charge is 0.497 e. The van der Waals surface area contributed by atoms with Crippen molar-refractivity contribution in [3.63, 3.8) is 0 Å². The summed E-state index contributed by atoms with van der Waals surface area (Å²) in [5, 5.41) is 0. The quantitative estimate of drug-likeness (QED) is 0.865. The number of aromatic nitrogens is 2. The topological polar surface area (TPSA) is 53.1 Å². The molecule has 0 radical (unpaired) electrons. The zero-order valence-electron chi connectivity index (χ0n) is 11.5. The predicted molar refractivity (Wildman–Crippen MR) is 76.3 cm³/mol. The van der Waals surface area contributed by atoms with E-state index in [1.807, 2.05) is 18.5 Å². The van der Waals surface area contributed by atoms with Gasteiger partial charge in [-0.3, -0.25) is 0 Å². The number of methoxy groups -OCH3 is 1. The van der Waals surface area contributed by atoms with Crippen molar-refractivity contribution in [1.29, 1.82) is 0 Å². The summed E-state index contributed by atoms with van der Waals surface area (Å²) in [6, 6.07) is 8.27. The standard InChI is InChI=1S/C15H21N3O/c1-3-13(16)8-14-10-18(11-17-14)9-12-4-6-15(19-2)7-5-12/h4-7,10-11,13H,3,8-9,16H2,1-2H3. The van der Waals surface area contributed by atoms with Crippen molar-refractivity contribution >= 4 is 0 Å². The monoisotopic (exact) mass is 259 g/mol. The van der Waals surface area contributed by atoms with Gasteiger partial charge in [0.05, 0.1) is 19.1 Å². The summed E-state index contributed by atoms with van der Waals surface area (Å²) in [5.41, 5.74) is 8.22. The van der Waals surface area contributed by atoms with Gasteiger partial charge in [0.1, 0.15) is 5.75 Å². The van der Waals surface area contributed by atoms with Gasteiger partial charge in [-0.25, -0.2) is 4.98 Å². The lowest BCUT2D eigenvalue weighted by molar-refractivity contribution is 0.414. The first-order valence-electron chi connectivity index (χ1n) is 6.60. The summed E-state index contributed by atoms with van der Waals surface area (Å²) in [4.78, 5) is 4.39. The third kappa shape index (κ3) is 3.83. The fourth-order valence-corrected chi connectivity index (χ4v) is 1.95. The molecule has 0 saturated heterocycles. The fraction of sp³-hybridized carbons (Fsp3) is 0.400. The maximum absolute atomic E-state index is 5.94. The Hall–Kier alpha value is -1.81. The normalized spacial score (nSPS) is 12.4. The molecule has 0 aliphatic carbocycles. The summed E-state index contributed by atoms with van der Waals surface area (Å²) in [6.45, 7) is 2.91. The maximum atomic E-state index is 5.94. The summed E-state index contributed by atoms with van der Waals surface area (Å²) < 4.78 is 7.23. The lowest BCUT2D eigenvalue weighted by Crippen LogP contribution is -2.21. The van der Waals surface area contributed by atoms with Crippen LogP contribution in [-0.4, -0.2) is 22.7 Å². The molecule has 0 saturated carbocycles. The van der Waals surface area contributed by atoms with Gasteiger partial charge < -0.3 is 15.0 Å². The Labute approximate surface area is 114 Å². The number of rotatable bonds is 6. The Morgan fingerprint density at radius 2 is 2.05 bits per heavy atom. The Bertz CT molecular complexity index is 504. The third-order valence-corrected chi connectivity index (χ3v) is 3.21. The van der Waals surface area contributed by atoms with E-state index in [1.165, 1.54) is 5.56 Å². The molecule has 102 valence electrons. The lowest BCUT2D eigenvalue weighted by atomic mass is 10.1. The minimum Gasteiger partial charge on any atom is -0.497 e. The van der Waals surface area contributed by atoms with Crippen molar-refractivity contribution in [3.8, 4) is 5.75 Å². The average Bonchev–Trinajstić information content (AvgIpc) is 2.86. The molecule has 1 atom stereocenters. The number of benzene rings is 1. The Kier molecular flexibility index (Phi) is 4.58. The summed E-state index contributed by atoms with van der Waals surface area (Å²) in [6.07, 6.45) is 5.75. The molecule has 1 heterocycles. The molecule has 4 heteroatoms. The van der Waals surface area contributed by atoms with Crippen LogP contribution in [0.1, 0.15) is 24.6 Å². The number of nitrogens with zero attached hydrogens (tertiary/aromatic N) is 2. The lowest BCUT2D eigenvalue weighted by Gasteiger charge is -2.05. The van der Waals surface area contributed by atoms with Gasteiger partial charge in [0.15, 0.2) is 0 Å². The molecule has 1 aromatic heterocycles. The van der Waals surface area contributed by atoms with E-state index in [-0.39, 0.29) is 6.04 Å². The van der Waals surface area contributed by atoms with Crippen molar-refractivity contribution in [1.82, 2.24) is 9.55 Å². The zero-order chi connectivity index (χ0) is 13.7. The van der Waals surface area contributed by atoms with E-state index in [4.69, 9.17) is 10.5 Å². The van der Waals surface area contributed by atoms with Crippen LogP contribution in [0.15, 0.2) is 36.8 Å². The molecule has 0 bridgehead atoms. The van der Waals surface area contributed by atoms with Gasteiger partial charge in [-0.1, -0.05) is 19.1 Å². The van der Waals surface area contributed by atoms with Crippen molar-refractivity contribution in [2.75, 3.05) is 7.11 Å². The van der Waals surface area contributed by atoms with Gasteiger partial charge in [0.2, 0.25) is 0 Å². The van der Waals surface area contributed by atoms with Crippen molar-refractivity contribution in [2.24, 2.45) is 5.73 Å². The van der Waals surface area contributed by atoms with Crippen LogP contribution in [-0.2, 0) is 13.0 Å². The van der Waals surface area contributed by atoms with Crippen LogP contribution in [0.25, 0.3) is 0 Å². The van der Waals surface area contributed by atoms with E-state index >= 15 is 0 Å². The van der Waals surface area contributed by atoms with Crippen LogP contribution >= 0.6 is 0 Å². The number of nitrogens with two attached hydrogens (primary N) is 1. The third-order valence-electron chi connectivity index (χ3n) is 3.21. The summed E-state index contributed by atoms with van der Waals surface area (Å²) in [5.74, 6) is 0.879. The molecule has 2 rings (SSSR count). The van der Waals surface area contributed by atoms with Crippen LogP contribution in [0.5, 0.6) is 5.75 Å². The molecule has 4 nitrogen and oxygen atoms in total. The molecule has 1 aromatic carbocycles. The first kappa shape index (κ1) is 13.6. The maximum Gasteiger partial charge on any atom is 0.118 e. The van der Waals surface area contributed by atoms with Gasteiger partial charge >= 0.3 is 0 Å². The molecule has 0 aliphatic heterocycles. The Morgan fingerprint density at radius 3 is 2.68 bits per heavy atom. The highest BCUT2D eigenvalue weighted by Gasteiger charge is 2.05. The summed E-state index contributed by atoms with van der Waals surface area (Å²) in [7, 11) is 1.67. The van der Waals surface area contributed by atoms with Crippen LogP contribution in [0, 0.1) is 0 Å². The molecule has 0 amide bonds. The second-order valence-corrected chi connectivity index (χ2v) is 4.76. The van der Waals surface area contributed by atoms with Crippen molar-refractivity contribution in [3.05, 3.63) is 48.0 Å². The van der Waals surface area contributed by atoms with E-state index in [9.17, 15) is 0 Å². The second kappa shape index (κ2) is 6.38. The highest BCUT2D eigenvalue weighted by Crippen LogP contribution is 2.12. The predicted octanol–water partition coefficient (Wildman–Crippen LogP) is 2.22. The molecule has 0 spiro atoms. The summed E-state index contributed by atoms with van der Waals surface area (Å²) >= 11 is 0.